The van der Waals surface area contributed by atoms with E-state index in [1.54, 1.807) is 0 Å². The number of hydrogen-bond acceptors (Lipinski definition) is 4. The van der Waals surface area contributed by atoms with Crippen LogP contribution in [0.4, 0.5) is 5.69 Å². The molecule has 1 aliphatic rings. The zero-order valence-electron chi connectivity index (χ0n) is 13.9. The number of nitrogens with zero attached hydrogens (tertiary/aromatic N) is 1. The second-order valence-corrected chi connectivity index (χ2v) is 6.53. The van der Waals surface area contributed by atoms with E-state index in [1.165, 1.54) is 24.3 Å². The van der Waals surface area contributed by atoms with E-state index in [2.05, 4.69) is 5.32 Å². The quantitative estimate of drug-likeness (QED) is 0.625. The zero-order valence-corrected chi connectivity index (χ0v) is 13.9. The lowest BCUT2D eigenvalue weighted by atomic mass is 9.93. The Hall–Kier alpha value is -2.73. The molecule has 1 fully saturated rings. The highest BCUT2D eigenvalue weighted by Gasteiger charge is 2.51. The van der Waals surface area contributed by atoms with Crippen molar-refractivity contribution in [1.82, 2.24) is 5.32 Å². The highest BCUT2D eigenvalue weighted by atomic mass is 16.6. The largest absolute Gasteiger partial charge is 0.387 e. The summed E-state index contributed by atoms with van der Waals surface area (Å²) in [5, 5.41) is 23.7. The van der Waals surface area contributed by atoms with Crippen molar-refractivity contribution >= 4 is 11.6 Å². The third-order valence-electron chi connectivity index (χ3n) is 4.70. The van der Waals surface area contributed by atoms with Crippen LogP contribution in [0.15, 0.2) is 48.5 Å². The molecule has 25 heavy (non-hydrogen) atoms. The van der Waals surface area contributed by atoms with Gasteiger partial charge in [-0.25, -0.2) is 0 Å². The number of carbonyl (C=O) groups excluding carboxylic acids is 1. The summed E-state index contributed by atoms with van der Waals surface area (Å²) in [6.07, 6.45) is 0.698. The van der Waals surface area contributed by atoms with Crippen molar-refractivity contribution < 1.29 is 14.8 Å². The van der Waals surface area contributed by atoms with Gasteiger partial charge in [-0.2, -0.15) is 0 Å². The average molecular weight is 340 g/mol. The molecule has 2 aromatic rings. The smallest absolute Gasteiger partial charge is 0.269 e. The minimum Gasteiger partial charge on any atom is -0.387 e. The molecule has 0 aliphatic heterocycles. The fraction of sp³-hybridized carbons (Fsp3) is 0.316. The average Bonchev–Trinajstić information content (AvgIpc) is 3.41. The Morgan fingerprint density at radius 2 is 1.96 bits per heavy atom. The lowest BCUT2D eigenvalue weighted by Crippen LogP contribution is -2.37. The van der Waals surface area contributed by atoms with Crippen molar-refractivity contribution in [2.24, 2.45) is 0 Å². The van der Waals surface area contributed by atoms with Crippen LogP contribution in [0.2, 0.25) is 0 Å². The number of hydrogen-bond donors (Lipinski definition) is 2. The van der Waals surface area contributed by atoms with Gasteiger partial charge in [-0.1, -0.05) is 29.8 Å². The number of non-ortho nitro benzene ring substituents is 1. The lowest BCUT2D eigenvalue weighted by molar-refractivity contribution is -0.384. The Balaban J connectivity index is 1.63. The van der Waals surface area contributed by atoms with Gasteiger partial charge in [0, 0.05) is 18.7 Å². The molecule has 6 heteroatoms. The fourth-order valence-electron chi connectivity index (χ4n) is 3.01. The van der Waals surface area contributed by atoms with Crippen molar-refractivity contribution in [1.29, 1.82) is 0 Å². The third kappa shape index (κ3) is 3.53. The summed E-state index contributed by atoms with van der Waals surface area (Å²) < 4.78 is 0. The van der Waals surface area contributed by atoms with E-state index in [9.17, 15) is 20.0 Å². The minimum atomic E-state index is -0.905. The number of aliphatic hydroxyl groups excluding tert-OH is 1. The summed E-state index contributed by atoms with van der Waals surface area (Å²) in [5.74, 6) is -0.0842. The van der Waals surface area contributed by atoms with Crippen LogP contribution in [0.3, 0.4) is 0 Å². The minimum absolute atomic E-state index is 0.0311. The number of aryl methyl sites for hydroxylation is 1. The monoisotopic (exact) mass is 340 g/mol. The first-order valence-electron chi connectivity index (χ1n) is 8.20. The van der Waals surface area contributed by atoms with E-state index in [4.69, 9.17) is 0 Å². The van der Waals surface area contributed by atoms with E-state index in [-0.39, 0.29) is 18.1 Å². The Kier molecular flexibility index (Phi) is 4.55. The normalized spacial score (nSPS) is 16.1. The first-order chi connectivity index (χ1) is 11.9. The molecule has 0 saturated heterocycles. The van der Waals surface area contributed by atoms with Crippen LogP contribution in [-0.4, -0.2) is 22.5 Å². The number of carbonyl (C=O) groups is 1. The maximum absolute atomic E-state index is 12.6. The van der Waals surface area contributed by atoms with Gasteiger partial charge in [0.1, 0.15) is 0 Å². The van der Waals surface area contributed by atoms with E-state index < -0.39 is 16.4 Å². The van der Waals surface area contributed by atoms with Crippen molar-refractivity contribution in [3.8, 4) is 0 Å². The van der Waals surface area contributed by atoms with Gasteiger partial charge < -0.3 is 10.4 Å². The first kappa shape index (κ1) is 17.1. The molecule has 6 nitrogen and oxygen atoms in total. The molecule has 1 amide bonds. The summed E-state index contributed by atoms with van der Waals surface area (Å²) in [6.45, 7) is 2.07. The molecule has 0 bridgehead atoms. The summed E-state index contributed by atoms with van der Waals surface area (Å²) in [4.78, 5) is 22.8. The predicted molar refractivity (Wildman–Crippen MR) is 93.2 cm³/mol. The standard InChI is InChI=1S/C19H20N2O4/c1-13-3-2-4-15(11-13)19(9-10-19)18(23)20-12-17(22)14-5-7-16(8-6-14)21(24)25/h2-8,11,17,22H,9-10,12H2,1H3,(H,20,23)/t17-/m0/s1. The van der Waals surface area contributed by atoms with Crippen LogP contribution < -0.4 is 5.32 Å². The molecule has 1 aliphatic carbocycles. The Bertz CT molecular complexity index is 797. The van der Waals surface area contributed by atoms with Gasteiger partial charge in [0.05, 0.1) is 16.4 Å². The van der Waals surface area contributed by atoms with Crippen molar-refractivity contribution in [3.05, 3.63) is 75.3 Å². The second-order valence-electron chi connectivity index (χ2n) is 6.53. The summed E-state index contributed by atoms with van der Waals surface area (Å²) in [5.41, 5.74) is 2.14. The maximum atomic E-state index is 12.6. The molecule has 0 radical (unpaired) electrons. The molecule has 2 N–H and O–H groups in total. The Morgan fingerprint density at radius 1 is 1.28 bits per heavy atom. The van der Waals surface area contributed by atoms with Gasteiger partial charge in [0.15, 0.2) is 0 Å². The topological polar surface area (TPSA) is 92.5 Å². The molecule has 130 valence electrons. The molecule has 1 saturated carbocycles. The zero-order chi connectivity index (χ0) is 18.0. The Labute approximate surface area is 145 Å². The van der Waals surface area contributed by atoms with Gasteiger partial charge in [0.25, 0.3) is 5.69 Å². The summed E-state index contributed by atoms with van der Waals surface area (Å²) in [7, 11) is 0. The highest BCUT2D eigenvalue weighted by molar-refractivity contribution is 5.91. The third-order valence-corrected chi connectivity index (χ3v) is 4.70. The van der Waals surface area contributed by atoms with Gasteiger partial charge in [-0.05, 0) is 43.0 Å². The van der Waals surface area contributed by atoms with Crippen LogP contribution in [0.1, 0.15) is 35.6 Å². The van der Waals surface area contributed by atoms with Crippen LogP contribution in [0, 0.1) is 17.0 Å². The molecule has 2 aromatic carbocycles. The number of benzene rings is 2. The number of rotatable bonds is 6. The SMILES string of the molecule is Cc1cccc(C2(C(=O)NC[C@H](O)c3ccc([N+](=O)[O-])cc3)CC2)c1. The van der Waals surface area contributed by atoms with Crippen molar-refractivity contribution in [2.75, 3.05) is 6.54 Å². The van der Waals surface area contributed by atoms with E-state index in [0.717, 1.165) is 24.0 Å². The number of nitro groups is 1. The molecular weight excluding hydrogens is 320 g/mol. The molecule has 3 rings (SSSR count). The number of amides is 1. The van der Waals surface area contributed by atoms with Crippen molar-refractivity contribution in [2.45, 2.75) is 31.3 Å². The molecule has 0 unspecified atom stereocenters. The maximum Gasteiger partial charge on any atom is 0.269 e. The van der Waals surface area contributed by atoms with Gasteiger partial charge >= 0.3 is 0 Å². The van der Waals surface area contributed by atoms with E-state index >= 15 is 0 Å². The van der Waals surface area contributed by atoms with Crippen LogP contribution >= 0.6 is 0 Å². The number of nitro benzene ring substituents is 1. The molecular formula is C19H20N2O4. The summed E-state index contributed by atoms with van der Waals surface area (Å²) in [6, 6.07) is 13.6. The van der Waals surface area contributed by atoms with Crippen molar-refractivity contribution in [3.63, 3.8) is 0 Å². The van der Waals surface area contributed by atoms with E-state index in [1.807, 2.05) is 31.2 Å². The van der Waals surface area contributed by atoms with Crippen LogP contribution in [0.5, 0.6) is 0 Å². The molecule has 0 spiro atoms. The molecule has 1 atom stereocenters. The summed E-state index contributed by atoms with van der Waals surface area (Å²) >= 11 is 0. The lowest BCUT2D eigenvalue weighted by Gasteiger charge is -2.18. The highest BCUT2D eigenvalue weighted by Crippen LogP contribution is 2.48. The molecule has 0 heterocycles. The number of aliphatic hydroxyl groups is 1. The number of nitrogens with one attached hydrogen (secondary N) is 1. The fourth-order valence-corrected chi connectivity index (χ4v) is 3.01. The van der Waals surface area contributed by atoms with Gasteiger partial charge in [-0.15, -0.1) is 0 Å². The van der Waals surface area contributed by atoms with Crippen LogP contribution in [-0.2, 0) is 10.2 Å². The van der Waals surface area contributed by atoms with Gasteiger partial charge in [-0.3, -0.25) is 14.9 Å². The van der Waals surface area contributed by atoms with Crippen LogP contribution in [0.25, 0.3) is 0 Å². The van der Waals surface area contributed by atoms with Gasteiger partial charge in [0.2, 0.25) is 5.91 Å². The van der Waals surface area contributed by atoms with E-state index in [0.29, 0.717) is 5.56 Å². The first-order valence-corrected chi connectivity index (χ1v) is 8.20. The Morgan fingerprint density at radius 3 is 2.52 bits per heavy atom. The predicted octanol–water partition coefficient (Wildman–Crippen LogP) is 2.78. The second kappa shape index (κ2) is 6.64. The molecule has 0 aromatic heterocycles.